The van der Waals surface area contributed by atoms with Gasteiger partial charge < -0.3 is 15.4 Å². The topological polar surface area (TPSA) is 58.5 Å². The van der Waals surface area contributed by atoms with Crippen molar-refractivity contribution in [1.29, 1.82) is 0 Å². The van der Waals surface area contributed by atoms with Crippen molar-refractivity contribution in [3.63, 3.8) is 0 Å². The number of halogens is 1. The minimum Gasteiger partial charge on any atom is -0.496 e. The number of methoxy groups -OCH3 is 1. The SMILES string of the molecule is CN=C(NCc1ncc(C)c(OC)c1C)NC(C)Cc1ccc(C)s1.I. The first-order valence-electron chi connectivity index (χ1n) is 8.46. The Balaban J connectivity index is 0.00000338. The average Bonchev–Trinajstić information content (AvgIpc) is 2.98. The van der Waals surface area contributed by atoms with E-state index in [9.17, 15) is 0 Å². The van der Waals surface area contributed by atoms with Crippen LogP contribution in [0, 0.1) is 20.8 Å². The van der Waals surface area contributed by atoms with Crippen LogP contribution in [0.2, 0.25) is 0 Å². The van der Waals surface area contributed by atoms with Crippen LogP contribution >= 0.6 is 35.3 Å². The first-order valence-corrected chi connectivity index (χ1v) is 9.27. The first-order chi connectivity index (χ1) is 11.9. The molecular formula is C19H29IN4OS. The molecule has 0 aliphatic heterocycles. The molecule has 5 nitrogen and oxygen atoms in total. The van der Waals surface area contributed by atoms with Crippen LogP contribution in [0.15, 0.2) is 23.3 Å². The van der Waals surface area contributed by atoms with Gasteiger partial charge in [0.15, 0.2) is 5.96 Å². The van der Waals surface area contributed by atoms with E-state index in [1.807, 2.05) is 31.4 Å². The normalized spacial score (nSPS) is 12.3. The van der Waals surface area contributed by atoms with Gasteiger partial charge in [-0.25, -0.2) is 0 Å². The molecule has 2 rings (SSSR count). The molecule has 2 N–H and O–H groups in total. The molecule has 0 radical (unpaired) electrons. The molecule has 0 saturated carbocycles. The number of rotatable bonds is 6. The summed E-state index contributed by atoms with van der Waals surface area (Å²) in [7, 11) is 3.48. The van der Waals surface area contributed by atoms with E-state index < -0.39 is 0 Å². The molecule has 0 aliphatic rings. The molecule has 0 saturated heterocycles. The average molecular weight is 488 g/mol. The predicted octanol–water partition coefficient (Wildman–Crippen LogP) is 3.99. The summed E-state index contributed by atoms with van der Waals surface area (Å²) < 4.78 is 5.47. The number of guanidine groups is 1. The summed E-state index contributed by atoms with van der Waals surface area (Å²) in [6.07, 6.45) is 2.83. The lowest BCUT2D eigenvalue weighted by Gasteiger charge is -2.18. The number of ether oxygens (including phenoxy) is 1. The molecule has 0 aliphatic carbocycles. The van der Waals surface area contributed by atoms with Gasteiger partial charge in [0.05, 0.1) is 19.3 Å². The van der Waals surface area contributed by atoms with Crippen molar-refractivity contribution in [2.75, 3.05) is 14.2 Å². The molecule has 144 valence electrons. The van der Waals surface area contributed by atoms with E-state index in [4.69, 9.17) is 4.74 Å². The summed E-state index contributed by atoms with van der Waals surface area (Å²) >= 11 is 1.84. The third-order valence-electron chi connectivity index (χ3n) is 4.08. The number of pyridine rings is 1. The Kier molecular flexibility index (Phi) is 9.35. The van der Waals surface area contributed by atoms with Crippen LogP contribution in [0.1, 0.15) is 33.5 Å². The Morgan fingerprint density at radius 3 is 2.62 bits per heavy atom. The van der Waals surface area contributed by atoms with Gasteiger partial charge in [-0.15, -0.1) is 35.3 Å². The minimum absolute atomic E-state index is 0. The van der Waals surface area contributed by atoms with Crippen LogP contribution in [-0.4, -0.2) is 31.1 Å². The van der Waals surface area contributed by atoms with Crippen LogP contribution in [0.4, 0.5) is 0 Å². The third kappa shape index (κ3) is 6.12. The van der Waals surface area contributed by atoms with E-state index >= 15 is 0 Å². The number of nitrogens with one attached hydrogen (secondary N) is 2. The smallest absolute Gasteiger partial charge is 0.191 e. The highest BCUT2D eigenvalue weighted by Crippen LogP contribution is 2.23. The summed E-state index contributed by atoms with van der Waals surface area (Å²) in [5.74, 6) is 1.68. The van der Waals surface area contributed by atoms with Crippen molar-refractivity contribution < 1.29 is 4.74 Å². The Hall–Kier alpha value is -1.35. The van der Waals surface area contributed by atoms with E-state index in [0.29, 0.717) is 12.6 Å². The summed E-state index contributed by atoms with van der Waals surface area (Å²) in [6.45, 7) is 8.95. The summed E-state index contributed by atoms with van der Waals surface area (Å²) in [5, 5.41) is 6.78. The van der Waals surface area contributed by atoms with E-state index in [2.05, 4.69) is 46.6 Å². The van der Waals surface area contributed by atoms with Gasteiger partial charge in [0.2, 0.25) is 0 Å². The van der Waals surface area contributed by atoms with Crippen molar-refractivity contribution in [3.8, 4) is 5.75 Å². The van der Waals surface area contributed by atoms with Crippen LogP contribution in [0.25, 0.3) is 0 Å². The van der Waals surface area contributed by atoms with Gasteiger partial charge in [-0.3, -0.25) is 9.98 Å². The molecule has 7 heteroatoms. The number of aromatic nitrogens is 1. The van der Waals surface area contributed by atoms with Gasteiger partial charge >= 0.3 is 0 Å². The van der Waals surface area contributed by atoms with E-state index in [0.717, 1.165) is 35.0 Å². The highest BCUT2D eigenvalue weighted by molar-refractivity contribution is 14.0. The highest BCUT2D eigenvalue weighted by Gasteiger charge is 2.11. The zero-order valence-electron chi connectivity index (χ0n) is 16.3. The number of aliphatic imine (C=N–C) groups is 1. The van der Waals surface area contributed by atoms with Crippen molar-refractivity contribution in [1.82, 2.24) is 15.6 Å². The summed E-state index contributed by atoms with van der Waals surface area (Å²) in [5.41, 5.74) is 3.07. The van der Waals surface area contributed by atoms with Crippen LogP contribution in [0.3, 0.4) is 0 Å². The maximum atomic E-state index is 5.47. The fourth-order valence-electron chi connectivity index (χ4n) is 2.79. The standard InChI is InChI=1S/C19H28N4OS.HI/c1-12-10-21-17(15(4)18(12)24-6)11-22-19(20-5)23-13(2)9-16-8-7-14(3)25-16;/h7-8,10,13H,9,11H2,1-6H3,(H2,20,22,23);1H. The van der Waals surface area contributed by atoms with Crippen LogP contribution < -0.4 is 15.4 Å². The van der Waals surface area contributed by atoms with Crippen LogP contribution in [-0.2, 0) is 13.0 Å². The number of hydrogen-bond acceptors (Lipinski definition) is 4. The Labute approximate surface area is 177 Å². The number of aryl methyl sites for hydroxylation is 2. The maximum Gasteiger partial charge on any atom is 0.191 e. The van der Waals surface area contributed by atoms with Gasteiger partial charge in [0, 0.05) is 46.6 Å². The van der Waals surface area contributed by atoms with Gasteiger partial charge in [-0.05, 0) is 39.8 Å². The lowest BCUT2D eigenvalue weighted by Crippen LogP contribution is -2.42. The van der Waals surface area contributed by atoms with Gasteiger partial charge in [-0.1, -0.05) is 0 Å². The molecule has 0 fully saturated rings. The zero-order valence-corrected chi connectivity index (χ0v) is 19.5. The monoisotopic (exact) mass is 488 g/mol. The van der Waals surface area contributed by atoms with E-state index in [-0.39, 0.29) is 24.0 Å². The van der Waals surface area contributed by atoms with Crippen molar-refractivity contribution in [2.24, 2.45) is 4.99 Å². The Bertz CT molecular complexity index is 745. The highest BCUT2D eigenvalue weighted by atomic mass is 127. The molecule has 2 aromatic heterocycles. The second-order valence-electron chi connectivity index (χ2n) is 6.23. The fraction of sp³-hybridized carbons (Fsp3) is 0.474. The summed E-state index contributed by atoms with van der Waals surface area (Å²) in [4.78, 5) is 11.6. The second kappa shape index (κ2) is 10.7. The van der Waals surface area contributed by atoms with Crippen molar-refractivity contribution in [3.05, 3.63) is 44.9 Å². The first kappa shape index (κ1) is 22.7. The Morgan fingerprint density at radius 1 is 1.31 bits per heavy atom. The predicted molar refractivity (Wildman–Crippen MR) is 121 cm³/mol. The van der Waals surface area contributed by atoms with Gasteiger partial charge in [0.25, 0.3) is 0 Å². The third-order valence-corrected chi connectivity index (χ3v) is 5.11. The molecule has 2 heterocycles. The number of thiophene rings is 1. The molecule has 0 bridgehead atoms. The lowest BCUT2D eigenvalue weighted by molar-refractivity contribution is 0.406. The van der Waals surface area contributed by atoms with E-state index in [1.165, 1.54) is 9.75 Å². The maximum absolute atomic E-state index is 5.47. The number of hydrogen-bond donors (Lipinski definition) is 2. The van der Waals surface area contributed by atoms with Crippen LogP contribution in [0.5, 0.6) is 5.75 Å². The lowest BCUT2D eigenvalue weighted by atomic mass is 10.1. The van der Waals surface area contributed by atoms with Gasteiger partial charge in [-0.2, -0.15) is 0 Å². The fourth-order valence-corrected chi connectivity index (χ4v) is 3.81. The number of nitrogens with zero attached hydrogens (tertiary/aromatic N) is 2. The van der Waals surface area contributed by atoms with Gasteiger partial charge in [0.1, 0.15) is 5.75 Å². The molecule has 0 amide bonds. The molecular weight excluding hydrogens is 459 g/mol. The van der Waals surface area contributed by atoms with Crippen molar-refractivity contribution in [2.45, 2.75) is 46.7 Å². The van der Waals surface area contributed by atoms with E-state index in [1.54, 1.807) is 14.2 Å². The summed E-state index contributed by atoms with van der Waals surface area (Å²) in [6, 6.07) is 4.66. The molecule has 1 unspecified atom stereocenters. The zero-order chi connectivity index (χ0) is 18.4. The molecule has 0 aromatic carbocycles. The quantitative estimate of drug-likeness (QED) is 0.367. The molecule has 2 aromatic rings. The molecule has 0 spiro atoms. The Morgan fingerprint density at radius 2 is 2.04 bits per heavy atom. The molecule has 1 atom stereocenters. The minimum atomic E-state index is 0. The van der Waals surface area contributed by atoms with Crippen molar-refractivity contribution >= 4 is 41.3 Å². The molecule has 26 heavy (non-hydrogen) atoms. The second-order valence-corrected chi connectivity index (χ2v) is 7.61. The largest absolute Gasteiger partial charge is 0.496 e.